The van der Waals surface area contributed by atoms with Gasteiger partial charge in [-0.15, -0.1) is 0 Å². The molecule has 0 rings (SSSR count). The summed E-state index contributed by atoms with van der Waals surface area (Å²) in [6, 6.07) is 0. The topological polar surface area (TPSA) is 0 Å². The molecule has 0 radical (unpaired) electrons. The van der Waals surface area contributed by atoms with Gasteiger partial charge in [-0.25, -0.2) is 0 Å². The van der Waals surface area contributed by atoms with Crippen molar-refractivity contribution in [1.29, 1.82) is 0 Å². The van der Waals surface area contributed by atoms with Crippen molar-refractivity contribution in [3.8, 4) is 0 Å². The number of rotatable bonds is 20. The van der Waals surface area contributed by atoms with Crippen LogP contribution in [0.15, 0.2) is 0 Å². The lowest BCUT2D eigenvalue weighted by atomic mass is 9.83. The Labute approximate surface area is 161 Å². The third-order valence-corrected chi connectivity index (χ3v) is 6.14. The van der Waals surface area contributed by atoms with Crippen LogP contribution in [0.2, 0.25) is 0 Å². The zero-order valence-electron chi connectivity index (χ0n) is 18.6. The highest BCUT2D eigenvalue weighted by atomic mass is 14.2. The number of hydrogen-bond acceptors (Lipinski definition) is 0. The average molecular weight is 353 g/mol. The molecule has 0 aliphatic rings. The van der Waals surface area contributed by atoms with Crippen LogP contribution in [0.1, 0.15) is 150 Å². The second-order valence-electron chi connectivity index (χ2n) is 8.63. The van der Waals surface area contributed by atoms with Gasteiger partial charge in [-0.3, -0.25) is 0 Å². The highest BCUT2D eigenvalue weighted by Crippen LogP contribution is 2.29. The molecule has 0 saturated heterocycles. The molecule has 0 bridgehead atoms. The first-order valence-corrected chi connectivity index (χ1v) is 12.3. The molecule has 0 aromatic heterocycles. The molecule has 2 unspecified atom stereocenters. The van der Waals surface area contributed by atoms with Crippen LogP contribution in [0.25, 0.3) is 0 Å². The SMILES string of the molecule is CCCCCCCCC(CC)CC(CCCC)CCCCCCCC. The van der Waals surface area contributed by atoms with Gasteiger partial charge in [0.1, 0.15) is 0 Å². The Morgan fingerprint density at radius 2 is 0.800 bits per heavy atom. The quantitative estimate of drug-likeness (QED) is 0.191. The van der Waals surface area contributed by atoms with Gasteiger partial charge >= 0.3 is 0 Å². The molecule has 25 heavy (non-hydrogen) atoms. The minimum atomic E-state index is 1.01. The Bertz CT molecular complexity index is 232. The molecule has 0 amide bonds. The fourth-order valence-corrected chi connectivity index (χ4v) is 4.26. The van der Waals surface area contributed by atoms with E-state index < -0.39 is 0 Å². The Morgan fingerprint density at radius 3 is 1.28 bits per heavy atom. The van der Waals surface area contributed by atoms with E-state index in [-0.39, 0.29) is 0 Å². The summed E-state index contributed by atoms with van der Waals surface area (Å²) in [5, 5.41) is 0. The molecule has 152 valence electrons. The monoisotopic (exact) mass is 352 g/mol. The van der Waals surface area contributed by atoms with Crippen molar-refractivity contribution in [1.82, 2.24) is 0 Å². The molecule has 0 aromatic rings. The Hall–Kier alpha value is 0. The maximum Gasteiger partial charge on any atom is -0.0412 e. The van der Waals surface area contributed by atoms with Crippen molar-refractivity contribution < 1.29 is 0 Å². The van der Waals surface area contributed by atoms with Crippen molar-refractivity contribution in [3.63, 3.8) is 0 Å². The fourth-order valence-electron chi connectivity index (χ4n) is 4.26. The van der Waals surface area contributed by atoms with E-state index in [0.717, 1.165) is 11.8 Å². The second-order valence-corrected chi connectivity index (χ2v) is 8.63. The Balaban J connectivity index is 3.95. The Morgan fingerprint density at radius 1 is 0.400 bits per heavy atom. The second kappa shape index (κ2) is 20.3. The minimum absolute atomic E-state index is 1.01. The molecular weight excluding hydrogens is 300 g/mol. The first-order valence-electron chi connectivity index (χ1n) is 12.3. The lowest BCUT2D eigenvalue weighted by Gasteiger charge is -2.23. The third kappa shape index (κ3) is 17.2. The van der Waals surface area contributed by atoms with Gasteiger partial charge in [-0.1, -0.05) is 143 Å². The van der Waals surface area contributed by atoms with Crippen LogP contribution in [0.3, 0.4) is 0 Å². The summed E-state index contributed by atoms with van der Waals surface area (Å²) in [5.41, 5.74) is 0. The van der Waals surface area contributed by atoms with Crippen LogP contribution >= 0.6 is 0 Å². The van der Waals surface area contributed by atoms with E-state index >= 15 is 0 Å². The fraction of sp³-hybridized carbons (Fsp3) is 1.00. The molecule has 0 nitrogen and oxygen atoms in total. The molecule has 0 fully saturated rings. The molecule has 0 heteroatoms. The van der Waals surface area contributed by atoms with Gasteiger partial charge in [0.2, 0.25) is 0 Å². The van der Waals surface area contributed by atoms with E-state index in [1.807, 2.05) is 0 Å². The zero-order valence-corrected chi connectivity index (χ0v) is 18.6. The summed E-state index contributed by atoms with van der Waals surface area (Å²) in [7, 11) is 0. The lowest BCUT2D eigenvalue weighted by Crippen LogP contribution is -2.09. The number of unbranched alkanes of at least 4 members (excludes halogenated alkanes) is 11. The van der Waals surface area contributed by atoms with Crippen molar-refractivity contribution in [2.45, 2.75) is 150 Å². The number of hydrogen-bond donors (Lipinski definition) is 0. The highest BCUT2D eigenvalue weighted by Gasteiger charge is 2.15. The van der Waals surface area contributed by atoms with Crippen LogP contribution in [0, 0.1) is 11.8 Å². The van der Waals surface area contributed by atoms with Crippen molar-refractivity contribution in [2.75, 3.05) is 0 Å². The zero-order chi connectivity index (χ0) is 18.6. The summed E-state index contributed by atoms with van der Waals surface area (Å²) >= 11 is 0. The van der Waals surface area contributed by atoms with Gasteiger partial charge < -0.3 is 0 Å². The van der Waals surface area contributed by atoms with Crippen molar-refractivity contribution in [3.05, 3.63) is 0 Å². The van der Waals surface area contributed by atoms with E-state index in [1.54, 1.807) is 0 Å². The maximum absolute atomic E-state index is 2.43. The molecule has 0 spiro atoms. The van der Waals surface area contributed by atoms with E-state index in [9.17, 15) is 0 Å². The van der Waals surface area contributed by atoms with Gasteiger partial charge in [0, 0.05) is 0 Å². The highest BCUT2D eigenvalue weighted by molar-refractivity contribution is 4.67. The van der Waals surface area contributed by atoms with Crippen molar-refractivity contribution >= 4 is 0 Å². The van der Waals surface area contributed by atoms with Gasteiger partial charge in [0.15, 0.2) is 0 Å². The molecule has 0 N–H and O–H groups in total. The van der Waals surface area contributed by atoms with E-state index in [0.29, 0.717) is 0 Å². The predicted octanol–water partition coefficient (Wildman–Crippen LogP) is 9.71. The van der Waals surface area contributed by atoms with Crippen molar-refractivity contribution in [2.24, 2.45) is 11.8 Å². The molecule has 0 heterocycles. The maximum atomic E-state index is 2.43. The average Bonchev–Trinajstić information content (AvgIpc) is 2.63. The predicted molar refractivity (Wildman–Crippen MR) is 117 cm³/mol. The summed E-state index contributed by atoms with van der Waals surface area (Å²) in [5.74, 6) is 2.03. The summed E-state index contributed by atoms with van der Waals surface area (Å²) in [6.07, 6.45) is 27.7. The molecule has 2 atom stereocenters. The summed E-state index contributed by atoms with van der Waals surface area (Å²) < 4.78 is 0. The molecule has 0 aromatic carbocycles. The van der Waals surface area contributed by atoms with E-state index in [4.69, 9.17) is 0 Å². The first kappa shape index (κ1) is 25.0. The van der Waals surface area contributed by atoms with Gasteiger partial charge in [-0.2, -0.15) is 0 Å². The molecule has 0 aliphatic heterocycles. The largest absolute Gasteiger partial charge is 0.0654 e. The minimum Gasteiger partial charge on any atom is -0.0654 e. The lowest BCUT2D eigenvalue weighted by molar-refractivity contribution is 0.295. The summed E-state index contributed by atoms with van der Waals surface area (Å²) in [6.45, 7) is 9.42. The van der Waals surface area contributed by atoms with Crippen LogP contribution in [0.5, 0.6) is 0 Å². The van der Waals surface area contributed by atoms with Crippen LogP contribution in [-0.4, -0.2) is 0 Å². The molecular formula is C25H52. The van der Waals surface area contributed by atoms with Gasteiger partial charge in [0.25, 0.3) is 0 Å². The van der Waals surface area contributed by atoms with E-state index in [2.05, 4.69) is 27.7 Å². The first-order chi connectivity index (χ1) is 12.3. The Kier molecular flexibility index (Phi) is 20.3. The van der Waals surface area contributed by atoms with Gasteiger partial charge in [0.05, 0.1) is 0 Å². The van der Waals surface area contributed by atoms with E-state index in [1.165, 1.54) is 122 Å². The molecule has 0 aliphatic carbocycles. The van der Waals surface area contributed by atoms with Crippen LogP contribution < -0.4 is 0 Å². The third-order valence-electron chi connectivity index (χ3n) is 6.14. The van der Waals surface area contributed by atoms with Crippen LogP contribution in [-0.2, 0) is 0 Å². The standard InChI is InChI=1S/C25H52/c1-5-9-12-14-16-18-21-24(8-4)23-25(20-11-7-3)22-19-17-15-13-10-6-2/h24-25H,5-23H2,1-4H3. The normalized spacial score (nSPS) is 13.9. The smallest absolute Gasteiger partial charge is 0.0412 e. The molecule has 0 saturated carbocycles. The van der Waals surface area contributed by atoms with Gasteiger partial charge in [-0.05, 0) is 18.3 Å². The van der Waals surface area contributed by atoms with Crippen LogP contribution in [0.4, 0.5) is 0 Å². The summed E-state index contributed by atoms with van der Waals surface area (Å²) in [4.78, 5) is 0.